The van der Waals surface area contributed by atoms with Crippen LogP contribution in [0.3, 0.4) is 0 Å². The first kappa shape index (κ1) is 20.9. The van der Waals surface area contributed by atoms with Crippen LogP contribution in [-0.4, -0.2) is 53.7 Å². The van der Waals surface area contributed by atoms with E-state index in [0.717, 1.165) is 36.9 Å². The molecule has 0 saturated carbocycles. The molecule has 0 aliphatic carbocycles. The Bertz CT molecular complexity index is 569. The molecule has 0 fully saturated rings. The molecule has 2 aromatic rings. The summed E-state index contributed by atoms with van der Waals surface area (Å²) in [5, 5.41) is 9.60. The predicted octanol–water partition coefficient (Wildman–Crippen LogP) is 2.93. The van der Waals surface area contributed by atoms with Crippen LogP contribution in [0.5, 0.6) is 5.75 Å². The van der Waals surface area contributed by atoms with Crippen molar-refractivity contribution in [1.29, 1.82) is 0 Å². The molecule has 2 rings (SSSR count). The van der Waals surface area contributed by atoms with E-state index in [1.807, 2.05) is 30.3 Å². The fraction of sp³-hybridized carbons (Fsp3) is 0.350. The Labute approximate surface area is 166 Å². The van der Waals surface area contributed by atoms with Gasteiger partial charge in [0.15, 0.2) is 0 Å². The number of rotatable bonds is 10. The maximum atomic E-state index is 10.3. The van der Waals surface area contributed by atoms with Crippen LogP contribution in [0.1, 0.15) is 30.4 Å². The van der Waals surface area contributed by atoms with Gasteiger partial charge in [0, 0.05) is 6.42 Å². The number of aryl methyl sites for hydroxylation is 1. The van der Waals surface area contributed by atoms with Gasteiger partial charge in [-0.15, -0.1) is 0 Å². The monoisotopic (exact) mass is 336 g/mol. The first-order valence-corrected chi connectivity index (χ1v) is 8.15. The van der Waals surface area contributed by atoms with Crippen molar-refractivity contribution in [3.05, 3.63) is 65.7 Å². The number of hydrogen-bond donors (Lipinski definition) is 1. The first-order chi connectivity index (χ1) is 11.3. The van der Waals surface area contributed by atoms with Gasteiger partial charge in [0.25, 0.3) is 0 Å². The molecule has 4 heteroatoms. The number of aliphatic hydroxyl groups excluding tert-OH is 1. The Morgan fingerprint density at radius 1 is 0.958 bits per heavy atom. The van der Waals surface area contributed by atoms with Crippen LogP contribution in [0.2, 0.25) is 0 Å². The van der Waals surface area contributed by atoms with Crippen molar-refractivity contribution in [2.24, 2.45) is 0 Å². The van der Waals surface area contributed by atoms with Crippen LogP contribution in [0.15, 0.2) is 54.6 Å². The summed E-state index contributed by atoms with van der Waals surface area (Å²) >= 11 is 0. The van der Waals surface area contributed by atoms with Crippen molar-refractivity contribution in [1.82, 2.24) is 0 Å². The number of carbonyl (C=O) groups is 1. The molecule has 0 radical (unpaired) electrons. The summed E-state index contributed by atoms with van der Waals surface area (Å²) in [6.07, 6.45) is 4.04. The van der Waals surface area contributed by atoms with Crippen LogP contribution in [0, 0.1) is 0 Å². The molecule has 24 heavy (non-hydrogen) atoms. The zero-order valence-electron chi connectivity index (χ0n) is 13.4. The fourth-order valence-corrected chi connectivity index (χ4v) is 2.45. The van der Waals surface area contributed by atoms with Gasteiger partial charge in [0.05, 0.1) is 12.7 Å². The molecule has 0 aliphatic heterocycles. The van der Waals surface area contributed by atoms with E-state index in [1.54, 1.807) is 0 Å². The van der Waals surface area contributed by atoms with E-state index in [2.05, 4.69) is 24.3 Å². The van der Waals surface area contributed by atoms with E-state index in [4.69, 9.17) is 4.74 Å². The average Bonchev–Trinajstić information content (AvgIpc) is 2.57. The molecule has 1 N–H and O–H groups in total. The molecular formula is C20H25NaO3. The third-order valence-electron chi connectivity index (χ3n) is 3.73. The van der Waals surface area contributed by atoms with Gasteiger partial charge >= 0.3 is 29.6 Å². The van der Waals surface area contributed by atoms with Gasteiger partial charge < -0.3 is 14.6 Å². The summed E-state index contributed by atoms with van der Waals surface area (Å²) in [4.78, 5) is 10.3. The van der Waals surface area contributed by atoms with Gasteiger partial charge in [0.1, 0.15) is 12.0 Å². The minimum absolute atomic E-state index is 0. The van der Waals surface area contributed by atoms with Gasteiger partial charge in [-0.3, -0.25) is 0 Å². The summed E-state index contributed by atoms with van der Waals surface area (Å²) < 4.78 is 5.73. The van der Waals surface area contributed by atoms with E-state index in [0.29, 0.717) is 13.0 Å². The Morgan fingerprint density at radius 3 is 2.33 bits per heavy atom. The third-order valence-corrected chi connectivity index (χ3v) is 3.73. The normalized spacial score (nSPS) is 11.4. The zero-order chi connectivity index (χ0) is 16.3. The Hall–Kier alpha value is -1.13. The molecule has 0 aromatic heterocycles. The zero-order valence-corrected chi connectivity index (χ0v) is 13.4. The fourth-order valence-electron chi connectivity index (χ4n) is 2.45. The van der Waals surface area contributed by atoms with Crippen molar-refractivity contribution in [2.75, 3.05) is 6.61 Å². The van der Waals surface area contributed by atoms with E-state index in [9.17, 15) is 9.90 Å². The van der Waals surface area contributed by atoms with Gasteiger partial charge in [-0.25, -0.2) is 0 Å². The van der Waals surface area contributed by atoms with E-state index in [1.165, 1.54) is 5.56 Å². The molecule has 1 unspecified atom stereocenters. The molecule has 0 amide bonds. The number of ether oxygens (including phenoxy) is 1. The molecule has 0 aliphatic rings. The molecule has 1 atom stereocenters. The summed E-state index contributed by atoms with van der Waals surface area (Å²) in [5.74, 6) is 0.846. The number of aliphatic hydroxyl groups is 1. The average molecular weight is 336 g/mol. The van der Waals surface area contributed by atoms with Crippen LogP contribution in [0.25, 0.3) is 0 Å². The van der Waals surface area contributed by atoms with Gasteiger partial charge in [-0.1, -0.05) is 42.5 Å². The van der Waals surface area contributed by atoms with Crippen LogP contribution in [-0.2, 0) is 17.6 Å². The van der Waals surface area contributed by atoms with Crippen LogP contribution in [0.4, 0.5) is 0 Å². The number of hydrogen-bond acceptors (Lipinski definition) is 3. The van der Waals surface area contributed by atoms with Crippen LogP contribution < -0.4 is 4.74 Å². The number of aldehydes is 1. The molecule has 0 bridgehead atoms. The number of benzene rings is 2. The minimum atomic E-state index is -0.600. The second-order valence-electron chi connectivity index (χ2n) is 5.70. The van der Waals surface area contributed by atoms with Crippen LogP contribution >= 0.6 is 0 Å². The van der Waals surface area contributed by atoms with Crippen molar-refractivity contribution in [3.63, 3.8) is 0 Å². The molecule has 124 valence electrons. The van der Waals surface area contributed by atoms with Gasteiger partial charge in [0.2, 0.25) is 0 Å². The summed E-state index contributed by atoms with van der Waals surface area (Å²) in [7, 11) is 0. The van der Waals surface area contributed by atoms with E-state index in [-0.39, 0.29) is 36.0 Å². The first-order valence-electron chi connectivity index (χ1n) is 8.15. The van der Waals surface area contributed by atoms with E-state index < -0.39 is 6.10 Å². The molecule has 0 spiro atoms. The molecule has 0 heterocycles. The molecule has 3 nitrogen and oxygen atoms in total. The molecular weight excluding hydrogens is 311 g/mol. The molecule has 0 saturated heterocycles. The quantitative estimate of drug-likeness (QED) is 0.412. The summed E-state index contributed by atoms with van der Waals surface area (Å²) in [5.41, 5.74) is 2.38. The van der Waals surface area contributed by atoms with Gasteiger partial charge in [-0.05, 0) is 48.9 Å². The summed E-state index contributed by atoms with van der Waals surface area (Å²) in [6.45, 7) is 0.708. The Kier molecular flexibility index (Phi) is 10.7. The van der Waals surface area contributed by atoms with Crippen molar-refractivity contribution in [2.45, 2.75) is 38.2 Å². The standard InChI is InChI=1S/C20H24O3.Na.H/c21-14-13-19(22)16-18-9-11-20(12-10-18)23-15-5-4-8-17-6-2-1-3-7-17;;/h1-3,6-7,9-12,14,19,22H,4-5,8,13,15-16H2;;. The maximum absolute atomic E-state index is 10.3. The Morgan fingerprint density at radius 2 is 1.67 bits per heavy atom. The van der Waals surface area contributed by atoms with Crippen molar-refractivity contribution in [3.8, 4) is 5.75 Å². The van der Waals surface area contributed by atoms with Crippen molar-refractivity contribution < 1.29 is 14.6 Å². The summed E-state index contributed by atoms with van der Waals surface area (Å²) in [6, 6.07) is 18.2. The third kappa shape index (κ3) is 8.11. The topological polar surface area (TPSA) is 46.5 Å². The SMILES string of the molecule is O=CCC(O)Cc1ccc(OCCCCc2ccccc2)cc1.[NaH]. The second kappa shape index (κ2) is 12.3. The second-order valence-corrected chi connectivity index (χ2v) is 5.70. The number of carbonyl (C=O) groups excluding carboxylic acids is 1. The number of unbranched alkanes of at least 4 members (excludes halogenated alkanes) is 1. The molecule has 2 aromatic carbocycles. The Balaban J connectivity index is 0.00000288. The van der Waals surface area contributed by atoms with E-state index >= 15 is 0 Å². The van der Waals surface area contributed by atoms with Gasteiger partial charge in [-0.2, -0.15) is 0 Å². The predicted molar refractivity (Wildman–Crippen MR) is 98.9 cm³/mol. The van der Waals surface area contributed by atoms with Crippen molar-refractivity contribution >= 4 is 35.8 Å².